The Labute approximate surface area is 88.3 Å². The molecule has 0 aliphatic rings. The van der Waals surface area contributed by atoms with Gasteiger partial charge < -0.3 is 14.8 Å². The molecule has 15 heavy (non-hydrogen) atoms. The average Bonchev–Trinajstić information content (AvgIpc) is 2.61. The van der Waals surface area contributed by atoms with Crippen LogP contribution in [0.4, 0.5) is 5.88 Å². The van der Waals surface area contributed by atoms with Gasteiger partial charge in [0.2, 0.25) is 5.76 Å². The number of terminal acetylenes is 1. The lowest BCUT2D eigenvalue weighted by molar-refractivity contribution is 0.0663. The zero-order valence-electron chi connectivity index (χ0n) is 8.65. The largest absolute Gasteiger partial charge is 0.475 e. The maximum Gasteiger partial charge on any atom is 0.371 e. The van der Waals surface area contributed by atoms with Gasteiger partial charge in [0.25, 0.3) is 0 Å². The first-order chi connectivity index (χ1) is 7.04. The predicted octanol–water partition coefficient (Wildman–Crippen LogP) is 2.05. The van der Waals surface area contributed by atoms with Crippen LogP contribution in [0.25, 0.3) is 0 Å². The Kier molecular flexibility index (Phi) is 3.40. The van der Waals surface area contributed by atoms with Gasteiger partial charge in [-0.1, -0.05) is 19.8 Å². The molecule has 1 aromatic heterocycles. The number of carboxylic acid groups (broad SMARTS) is 1. The van der Waals surface area contributed by atoms with Crippen LogP contribution in [0.1, 0.15) is 24.4 Å². The minimum absolute atomic E-state index is 0.1000. The lowest BCUT2D eigenvalue weighted by atomic mass is 10.1. The van der Waals surface area contributed by atoms with E-state index in [0.717, 1.165) is 0 Å². The maximum atomic E-state index is 10.5. The molecule has 1 rings (SSSR count). The van der Waals surface area contributed by atoms with Crippen LogP contribution in [0.5, 0.6) is 0 Å². The highest BCUT2D eigenvalue weighted by atomic mass is 16.4. The van der Waals surface area contributed by atoms with Gasteiger partial charge in [0.05, 0.1) is 6.04 Å². The van der Waals surface area contributed by atoms with Crippen molar-refractivity contribution in [2.75, 3.05) is 5.32 Å². The lowest BCUT2D eigenvalue weighted by Crippen LogP contribution is -2.23. The van der Waals surface area contributed by atoms with Crippen LogP contribution < -0.4 is 5.32 Å². The number of rotatable bonds is 4. The molecule has 4 heteroatoms. The minimum atomic E-state index is -1.09. The van der Waals surface area contributed by atoms with Crippen molar-refractivity contribution in [2.24, 2.45) is 5.92 Å². The van der Waals surface area contributed by atoms with Crippen molar-refractivity contribution < 1.29 is 14.3 Å². The van der Waals surface area contributed by atoms with Gasteiger partial charge in [-0.2, -0.15) is 0 Å². The van der Waals surface area contributed by atoms with Gasteiger partial charge in [-0.15, -0.1) is 6.42 Å². The molecule has 2 N–H and O–H groups in total. The molecule has 1 heterocycles. The third kappa shape index (κ3) is 2.78. The molecular weight excluding hydrogens is 194 g/mol. The number of carbonyl (C=O) groups is 1. The van der Waals surface area contributed by atoms with Crippen molar-refractivity contribution in [3.05, 3.63) is 17.9 Å². The van der Waals surface area contributed by atoms with E-state index in [1.807, 2.05) is 13.8 Å². The van der Waals surface area contributed by atoms with Crippen molar-refractivity contribution in [3.63, 3.8) is 0 Å². The molecule has 0 spiro atoms. The molecule has 0 fully saturated rings. The Morgan fingerprint density at radius 1 is 1.60 bits per heavy atom. The standard InChI is InChI=1S/C11H13NO3/c1-4-8(7(2)3)12-10-6-5-9(15-10)11(13)14/h1,5-8,12H,2-3H3,(H,13,14). The smallest absolute Gasteiger partial charge is 0.371 e. The van der Waals surface area contributed by atoms with Crippen LogP contribution in [0.15, 0.2) is 16.5 Å². The monoisotopic (exact) mass is 207 g/mol. The van der Waals surface area contributed by atoms with Crippen molar-refractivity contribution >= 4 is 11.9 Å². The topological polar surface area (TPSA) is 62.5 Å². The fraction of sp³-hybridized carbons (Fsp3) is 0.364. The number of anilines is 1. The Balaban J connectivity index is 2.73. The summed E-state index contributed by atoms with van der Waals surface area (Å²) in [6.07, 6.45) is 5.32. The first-order valence-electron chi connectivity index (χ1n) is 4.60. The third-order valence-electron chi connectivity index (χ3n) is 1.96. The molecular formula is C11H13NO3. The predicted molar refractivity (Wildman–Crippen MR) is 56.7 cm³/mol. The summed E-state index contributed by atoms with van der Waals surface area (Å²) in [5.41, 5.74) is 0. The van der Waals surface area contributed by atoms with E-state index >= 15 is 0 Å². The number of hydrogen-bond acceptors (Lipinski definition) is 3. The Bertz CT molecular complexity index is 387. The fourth-order valence-corrected chi connectivity index (χ4v) is 1.08. The van der Waals surface area contributed by atoms with Gasteiger partial charge in [0.1, 0.15) is 0 Å². The summed E-state index contributed by atoms with van der Waals surface area (Å²) in [6, 6.07) is 2.77. The van der Waals surface area contributed by atoms with E-state index in [2.05, 4.69) is 11.2 Å². The van der Waals surface area contributed by atoms with Gasteiger partial charge in [0, 0.05) is 6.07 Å². The molecule has 1 atom stereocenters. The second-order valence-corrected chi connectivity index (χ2v) is 3.50. The summed E-state index contributed by atoms with van der Waals surface area (Å²) in [6.45, 7) is 3.94. The van der Waals surface area contributed by atoms with E-state index in [1.54, 1.807) is 6.07 Å². The first kappa shape index (κ1) is 11.2. The van der Waals surface area contributed by atoms with Crippen molar-refractivity contribution in [3.8, 4) is 12.3 Å². The summed E-state index contributed by atoms with van der Waals surface area (Å²) >= 11 is 0. The zero-order chi connectivity index (χ0) is 11.4. The summed E-state index contributed by atoms with van der Waals surface area (Å²) in [4.78, 5) is 10.5. The molecule has 0 aliphatic carbocycles. The SMILES string of the molecule is C#CC(Nc1ccc(C(=O)O)o1)C(C)C. The Hall–Kier alpha value is -1.89. The molecule has 4 nitrogen and oxygen atoms in total. The van der Waals surface area contributed by atoms with Gasteiger partial charge >= 0.3 is 5.97 Å². The highest BCUT2D eigenvalue weighted by molar-refractivity contribution is 5.84. The van der Waals surface area contributed by atoms with Crippen molar-refractivity contribution in [2.45, 2.75) is 19.9 Å². The average molecular weight is 207 g/mol. The molecule has 1 aromatic rings. The highest BCUT2D eigenvalue weighted by Gasteiger charge is 2.13. The molecule has 0 radical (unpaired) electrons. The van der Waals surface area contributed by atoms with E-state index in [4.69, 9.17) is 15.9 Å². The Morgan fingerprint density at radius 3 is 2.67 bits per heavy atom. The lowest BCUT2D eigenvalue weighted by Gasteiger charge is -2.15. The minimum Gasteiger partial charge on any atom is -0.475 e. The molecule has 0 aromatic carbocycles. The first-order valence-corrected chi connectivity index (χ1v) is 4.60. The number of nitrogens with one attached hydrogen (secondary N) is 1. The maximum absolute atomic E-state index is 10.5. The molecule has 0 saturated carbocycles. The molecule has 0 amide bonds. The van der Waals surface area contributed by atoms with Crippen LogP contribution in [0.2, 0.25) is 0 Å². The van der Waals surface area contributed by atoms with Gasteiger partial charge in [-0.25, -0.2) is 4.79 Å². The molecule has 0 bridgehead atoms. The molecule has 0 saturated heterocycles. The van der Waals surface area contributed by atoms with Crippen molar-refractivity contribution in [1.82, 2.24) is 0 Å². The Morgan fingerprint density at radius 2 is 2.27 bits per heavy atom. The molecule has 0 aliphatic heterocycles. The normalized spacial score (nSPS) is 12.1. The van der Waals surface area contributed by atoms with E-state index in [9.17, 15) is 4.79 Å². The summed E-state index contributed by atoms with van der Waals surface area (Å²) in [5, 5.41) is 11.6. The van der Waals surface area contributed by atoms with E-state index in [0.29, 0.717) is 5.88 Å². The highest BCUT2D eigenvalue weighted by Crippen LogP contribution is 2.16. The number of carboxylic acids is 1. The quantitative estimate of drug-likeness (QED) is 0.742. The van der Waals surface area contributed by atoms with E-state index < -0.39 is 5.97 Å². The van der Waals surface area contributed by atoms with E-state index in [1.165, 1.54) is 6.07 Å². The van der Waals surface area contributed by atoms with Gasteiger partial charge in [-0.3, -0.25) is 0 Å². The zero-order valence-corrected chi connectivity index (χ0v) is 8.65. The number of hydrogen-bond donors (Lipinski definition) is 2. The second-order valence-electron chi connectivity index (χ2n) is 3.50. The van der Waals surface area contributed by atoms with Crippen molar-refractivity contribution in [1.29, 1.82) is 0 Å². The van der Waals surface area contributed by atoms with Crippen LogP contribution in [0.3, 0.4) is 0 Å². The number of aromatic carboxylic acids is 1. The summed E-state index contributed by atoms with van der Waals surface area (Å²) < 4.78 is 5.02. The molecule has 1 unspecified atom stereocenters. The molecule has 80 valence electrons. The van der Waals surface area contributed by atoms with Crippen LogP contribution in [-0.2, 0) is 0 Å². The summed E-state index contributed by atoms with van der Waals surface area (Å²) in [5.74, 6) is 2.00. The van der Waals surface area contributed by atoms with Crippen LogP contribution >= 0.6 is 0 Å². The van der Waals surface area contributed by atoms with Crippen LogP contribution in [0, 0.1) is 18.3 Å². The van der Waals surface area contributed by atoms with Gasteiger partial charge in [-0.05, 0) is 12.0 Å². The number of furan rings is 1. The second kappa shape index (κ2) is 4.56. The van der Waals surface area contributed by atoms with Gasteiger partial charge in [0.15, 0.2) is 5.88 Å². The van der Waals surface area contributed by atoms with E-state index in [-0.39, 0.29) is 17.7 Å². The van der Waals surface area contributed by atoms with Crippen LogP contribution in [-0.4, -0.2) is 17.1 Å². The summed E-state index contributed by atoms with van der Waals surface area (Å²) in [7, 11) is 0. The fourth-order valence-electron chi connectivity index (χ4n) is 1.08. The third-order valence-corrected chi connectivity index (χ3v) is 1.96.